The van der Waals surface area contributed by atoms with E-state index >= 15 is 0 Å². The van der Waals surface area contributed by atoms with Crippen LogP contribution in [0.2, 0.25) is 0 Å². The van der Waals surface area contributed by atoms with Gasteiger partial charge in [-0.25, -0.2) is 0 Å². The summed E-state index contributed by atoms with van der Waals surface area (Å²) in [4.78, 5) is 0. The standard InChI is InChI=1S/C36H24O/c1-2-11-24(12-3-1)34-27-14-6-8-16-29(27)35(30-17-9-7-15-28(30)34)25-19-20-32-31(22-25)36-26-13-5-4-10-23(26)18-21-33(36)37-32/h1-17,19-20,22H,18,21H2. The van der Waals surface area contributed by atoms with E-state index in [1.165, 1.54) is 65.9 Å². The summed E-state index contributed by atoms with van der Waals surface area (Å²) in [6, 6.07) is 44.0. The van der Waals surface area contributed by atoms with Crippen LogP contribution < -0.4 is 0 Å². The molecule has 7 aromatic rings. The van der Waals surface area contributed by atoms with Crippen molar-refractivity contribution in [3.63, 3.8) is 0 Å². The highest BCUT2D eigenvalue weighted by molar-refractivity contribution is 6.21. The van der Waals surface area contributed by atoms with Crippen LogP contribution in [0.1, 0.15) is 11.3 Å². The molecule has 0 spiro atoms. The Bertz CT molecular complexity index is 1920. The lowest BCUT2D eigenvalue weighted by atomic mass is 9.85. The van der Waals surface area contributed by atoms with Crippen molar-refractivity contribution < 1.29 is 4.42 Å². The zero-order chi connectivity index (χ0) is 24.3. The van der Waals surface area contributed by atoms with Gasteiger partial charge in [0.2, 0.25) is 0 Å². The van der Waals surface area contributed by atoms with Gasteiger partial charge in [-0.05, 0) is 73.5 Å². The van der Waals surface area contributed by atoms with E-state index < -0.39 is 0 Å². The maximum absolute atomic E-state index is 6.39. The molecule has 0 saturated heterocycles. The molecule has 0 amide bonds. The maximum atomic E-state index is 6.39. The Morgan fingerprint density at radius 2 is 1.03 bits per heavy atom. The number of hydrogen-bond donors (Lipinski definition) is 0. The van der Waals surface area contributed by atoms with E-state index in [0.29, 0.717) is 0 Å². The SMILES string of the molecule is c1ccc(-c2c3ccccc3c(-c3ccc4oc5c(c4c3)-c3ccccc3CC5)c3ccccc23)cc1. The van der Waals surface area contributed by atoms with Crippen LogP contribution in [0.15, 0.2) is 126 Å². The highest BCUT2D eigenvalue weighted by atomic mass is 16.3. The predicted molar refractivity (Wildman–Crippen MR) is 155 cm³/mol. The summed E-state index contributed by atoms with van der Waals surface area (Å²) in [7, 11) is 0. The molecule has 1 heterocycles. The van der Waals surface area contributed by atoms with Gasteiger partial charge in [-0.2, -0.15) is 0 Å². The Morgan fingerprint density at radius 3 is 1.73 bits per heavy atom. The van der Waals surface area contributed by atoms with Crippen LogP contribution in [0.25, 0.3) is 65.9 Å². The largest absolute Gasteiger partial charge is 0.460 e. The van der Waals surface area contributed by atoms with E-state index in [1.54, 1.807) is 0 Å². The van der Waals surface area contributed by atoms with Gasteiger partial charge < -0.3 is 4.42 Å². The Hall–Kier alpha value is -4.62. The average Bonchev–Trinajstić information content (AvgIpc) is 3.35. The predicted octanol–water partition coefficient (Wildman–Crippen LogP) is 9.84. The minimum atomic E-state index is 0.952. The molecule has 0 saturated carbocycles. The van der Waals surface area contributed by atoms with E-state index in [4.69, 9.17) is 4.42 Å². The molecule has 1 heteroatoms. The minimum Gasteiger partial charge on any atom is -0.460 e. The second kappa shape index (κ2) is 7.94. The second-order valence-electron chi connectivity index (χ2n) is 9.98. The molecule has 0 unspecified atom stereocenters. The summed E-state index contributed by atoms with van der Waals surface area (Å²) in [5.74, 6) is 1.11. The van der Waals surface area contributed by atoms with Crippen molar-refractivity contribution in [3.8, 4) is 33.4 Å². The van der Waals surface area contributed by atoms with E-state index in [-0.39, 0.29) is 0 Å². The number of fused-ring (bicyclic) bond motifs is 7. The first-order chi connectivity index (χ1) is 18.4. The summed E-state index contributed by atoms with van der Waals surface area (Å²) in [6.45, 7) is 0. The van der Waals surface area contributed by atoms with Gasteiger partial charge >= 0.3 is 0 Å². The minimum absolute atomic E-state index is 0.952. The van der Waals surface area contributed by atoms with Crippen molar-refractivity contribution >= 4 is 32.5 Å². The first kappa shape index (κ1) is 20.6. The summed E-state index contributed by atoms with van der Waals surface area (Å²) < 4.78 is 6.39. The number of rotatable bonds is 2. The lowest BCUT2D eigenvalue weighted by molar-refractivity contribution is 0.546. The summed E-state index contributed by atoms with van der Waals surface area (Å²) in [6.07, 6.45) is 1.99. The quantitative estimate of drug-likeness (QED) is 0.228. The zero-order valence-electron chi connectivity index (χ0n) is 20.4. The molecule has 0 radical (unpaired) electrons. The molecule has 0 aliphatic heterocycles. The Kier molecular flexibility index (Phi) is 4.41. The molecule has 0 bridgehead atoms. The third kappa shape index (κ3) is 3.04. The van der Waals surface area contributed by atoms with Crippen LogP contribution in [-0.2, 0) is 12.8 Å². The van der Waals surface area contributed by atoms with Gasteiger partial charge in [0.25, 0.3) is 0 Å². The molecule has 174 valence electrons. The van der Waals surface area contributed by atoms with E-state index in [0.717, 1.165) is 24.2 Å². The fourth-order valence-electron chi connectivity index (χ4n) is 6.36. The van der Waals surface area contributed by atoms with Gasteiger partial charge in [0.15, 0.2) is 0 Å². The molecule has 0 atom stereocenters. The molecule has 1 aromatic heterocycles. The molecule has 6 aromatic carbocycles. The lowest BCUT2D eigenvalue weighted by Crippen LogP contribution is -2.01. The third-order valence-electron chi connectivity index (χ3n) is 7.95. The summed E-state index contributed by atoms with van der Waals surface area (Å²) >= 11 is 0. The van der Waals surface area contributed by atoms with Crippen molar-refractivity contribution in [1.82, 2.24) is 0 Å². The number of hydrogen-bond acceptors (Lipinski definition) is 1. The van der Waals surface area contributed by atoms with Gasteiger partial charge in [-0.3, -0.25) is 0 Å². The molecule has 1 aliphatic carbocycles. The Morgan fingerprint density at radius 1 is 0.432 bits per heavy atom. The Balaban J connectivity index is 1.47. The van der Waals surface area contributed by atoms with E-state index in [2.05, 4.69) is 121 Å². The van der Waals surface area contributed by atoms with Crippen LogP contribution in [0.3, 0.4) is 0 Å². The molecule has 0 N–H and O–H groups in total. The normalized spacial score (nSPS) is 12.6. The van der Waals surface area contributed by atoms with Gasteiger partial charge in [-0.1, -0.05) is 109 Å². The topological polar surface area (TPSA) is 13.1 Å². The lowest BCUT2D eigenvalue weighted by Gasteiger charge is -2.18. The van der Waals surface area contributed by atoms with Crippen LogP contribution in [-0.4, -0.2) is 0 Å². The highest BCUT2D eigenvalue weighted by Crippen LogP contribution is 2.46. The first-order valence-corrected chi connectivity index (χ1v) is 13.0. The van der Waals surface area contributed by atoms with Crippen LogP contribution >= 0.6 is 0 Å². The van der Waals surface area contributed by atoms with E-state index in [1.807, 2.05) is 0 Å². The van der Waals surface area contributed by atoms with Crippen molar-refractivity contribution in [3.05, 3.63) is 133 Å². The van der Waals surface area contributed by atoms with Crippen molar-refractivity contribution in [1.29, 1.82) is 0 Å². The Labute approximate surface area is 215 Å². The molecular formula is C36H24O. The third-order valence-corrected chi connectivity index (χ3v) is 7.95. The van der Waals surface area contributed by atoms with Crippen molar-refractivity contribution in [2.45, 2.75) is 12.8 Å². The molecule has 37 heavy (non-hydrogen) atoms. The van der Waals surface area contributed by atoms with Crippen LogP contribution in [0.4, 0.5) is 0 Å². The summed E-state index contributed by atoms with van der Waals surface area (Å²) in [5, 5.41) is 6.32. The maximum Gasteiger partial charge on any atom is 0.134 e. The summed E-state index contributed by atoms with van der Waals surface area (Å²) in [5.41, 5.74) is 10.0. The number of aryl methyl sites for hydroxylation is 2. The van der Waals surface area contributed by atoms with Crippen molar-refractivity contribution in [2.75, 3.05) is 0 Å². The monoisotopic (exact) mass is 472 g/mol. The van der Waals surface area contributed by atoms with Gasteiger partial charge in [-0.15, -0.1) is 0 Å². The fourth-order valence-corrected chi connectivity index (χ4v) is 6.36. The second-order valence-corrected chi connectivity index (χ2v) is 9.98. The highest BCUT2D eigenvalue weighted by Gasteiger charge is 2.24. The molecule has 1 aliphatic rings. The van der Waals surface area contributed by atoms with Crippen LogP contribution in [0, 0.1) is 0 Å². The number of furan rings is 1. The zero-order valence-corrected chi connectivity index (χ0v) is 20.4. The van der Waals surface area contributed by atoms with E-state index in [9.17, 15) is 0 Å². The molecule has 8 rings (SSSR count). The molecule has 0 fully saturated rings. The first-order valence-electron chi connectivity index (χ1n) is 13.0. The van der Waals surface area contributed by atoms with Crippen LogP contribution in [0.5, 0.6) is 0 Å². The van der Waals surface area contributed by atoms with Gasteiger partial charge in [0.1, 0.15) is 11.3 Å². The average molecular weight is 473 g/mol. The van der Waals surface area contributed by atoms with Gasteiger partial charge in [0, 0.05) is 17.4 Å². The van der Waals surface area contributed by atoms with Gasteiger partial charge in [0.05, 0.1) is 0 Å². The number of benzene rings is 6. The molecule has 1 nitrogen and oxygen atoms in total. The van der Waals surface area contributed by atoms with Crippen molar-refractivity contribution in [2.24, 2.45) is 0 Å². The smallest absolute Gasteiger partial charge is 0.134 e. The molecular weight excluding hydrogens is 448 g/mol. The fraction of sp³-hybridized carbons (Fsp3) is 0.0556.